The molecule has 0 radical (unpaired) electrons. The second-order valence-electron chi connectivity index (χ2n) is 3.27. The molecule has 0 saturated heterocycles. The Morgan fingerprint density at radius 2 is 2.15 bits per heavy atom. The van der Waals surface area contributed by atoms with Gasteiger partial charge in [0.05, 0.1) is 12.0 Å². The van der Waals surface area contributed by atoms with Gasteiger partial charge in [-0.05, 0) is 0 Å². The maximum absolute atomic E-state index is 12.7. The van der Waals surface area contributed by atoms with Gasteiger partial charge < -0.3 is 9.47 Å². The molecule has 20 heavy (non-hydrogen) atoms. The molecule has 0 bridgehead atoms. The fraction of sp³-hybridized carbons (Fsp3) is 0.333. The van der Waals surface area contributed by atoms with E-state index < -0.39 is 46.0 Å². The molecule has 110 valence electrons. The molecule has 0 atom stereocenters. The van der Waals surface area contributed by atoms with Gasteiger partial charge in [0.15, 0.2) is 6.61 Å². The van der Waals surface area contributed by atoms with Crippen molar-refractivity contribution in [2.24, 2.45) is 0 Å². The lowest BCUT2D eigenvalue weighted by Gasteiger charge is -2.10. The summed E-state index contributed by atoms with van der Waals surface area (Å²) >= 11 is 5.34. The molecule has 1 rings (SSSR count). The van der Waals surface area contributed by atoms with Crippen molar-refractivity contribution in [1.82, 2.24) is 4.98 Å². The minimum Gasteiger partial charge on any atom is -0.466 e. The van der Waals surface area contributed by atoms with E-state index >= 15 is 0 Å². The molecule has 7 nitrogen and oxygen atoms in total. The Hall–Kier alpha value is -2.10. The standard InChI is InChI=1S/C9H6ClF3N2O5/c1-19-6(16)3-20-5-2-4(9(11,12)13)7(15(17)18)8(10)14-5/h2H,3H2,1H3. The third-order valence-electron chi connectivity index (χ3n) is 1.98. The lowest BCUT2D eigenvalue weighted by Crippen LogP contribution is -2.15. The van der Waals surface area contributed by atoms with E-state index in [9.17, 15) is 28.1 Å². The molecule has 0 spiro atoms. The van der Waals surface area contributed by atoms with Crippen molar-refractivity contribution in [3.05, 3.63) is 26.9 Å². The van der Waals surface area contributed by atoms with E-state index in [1.807, 2.05) is 0 Å². The minimum absolute atomic E-state index is 0.285. The smallest absolute Gasteiger partial charge is 0.423 e. The summed E-state index contributed by atoms with van der Waals surface area (Å²) in [6.45, 7) is -0.713. The number of nitro groups is 1. The molecule has 0 saturated carbocycles. The second-order valence-corrected chi connectivity index (χ2v) is 3.63. The Balaban J connectivity index is 3.22. The van der Waals surface area contributed by atoms with Gasteiger partial charge in [0.25, 0.3) is 0 Å². The average molecular weight is 315 g/mol. The van der Waals surface area contributed by atoms with Gasteiger partial charge in [-0.1, -0.05) is 11.6 Å². The molecule has 0 amide bonds. The molecule has 0 aliphatic rings. The number of esters is 1. The maximum atomic E-state index is 12.7. The Kier molecular flexibility index (Phi) is 4.71. The summed E-state index contributed by atoms with van der Waals surface area (Å²) in [5, 5.41) is 9.58. The number of aromatic nitrogens is 1. The Bertz CT molecular complexity index is 549. The number of methoxy groups -OCH3 is 1. The third kappa shape index (κ3) is 3.70. The van der Waals surface area contributed by atoms with Crippen LogP contribution in [0.3, 0.4) is 0 Å². The summed E-state index contributed by atoms with van der Waals surface area (Å²) in [6, 6.07) is 0.285. The highest BCUT2D eigenvalue weighted by Gasteiger charge is 2.41. The number of hydrogen-bond donors (Lipinski definition) is 0. The van der Waals surface area contributed by atoms with E-state index in [0.717, 1.165) is 7.11 Å². The van der Waals surface area contributed by atoms with E-state index in [0.29, 0.717) is 0 Å². The van der Waals surface area contributed by atoms with Crippen molar-refractivity contribution in [2.45, 2.75) is 6.18 Å². The van der Waals surface area contributed by atoms with Gasteiger partial charge in [-0.25, -0.2) is 4.79 Å². The Morgan fingerprint density at radius 3 is 2.60 bits per heavy atom. The van der Waals surface area contributed by atoms with Crippen LogP contribution in [-0.4, -0.2) is 29.6 Å². The number of pyridine rings is 1. The van der Waals surface area contributed by atoms with Gasteiger partial charge in [0.1, 0.15) is 5.56 Å². The molecule has 0 fully saturated rings. The molecule has 1 aromatic heterocycles. The van der Waals surface area contributed by atoms with Gasteiger partial charge in [-0.3, -0.25) is 10.1 Å². The van der Waals surface area contributed by atoms with Crippen LogP contribution in [-0.2, 0) is 15.7 Å². The van der Waals surface area contributed by atoms with Crippen molar-refractivity contribution < 1.29 is 32.4 Å². The van der Waals surface area contributed by atoms with Crippen molar-refractivity contribution in [1.29, 1.82) is 0 Å². The summed E-state index contributed by atoms with van der Waals surface area (Å²) < 4.78 is 46.9. The first-order chi connectivity index (χ1) is 9.16. The molecule has 1 aromatic rings. The van der Waals surface area contributed by atoms with Crippen LogP contribution in [0.5, 0.6) is 5.88 Å². The molecule has 1 heterocycles. The van der Waals surface area contributed by atoms with Crippen molar-refractivity contribution in [3.8, 4) is 5.88 Å². The number of nitrogens with zero attached hydrogens (tertiary/aromatic N) is 2. The molecule has 11 heteroatoms. The number of carbonyl (C=O) groups is 1. The molecular weight excluding hydrogens is 309 g/mol. The largest absolute Gasteiger partial charge is 0.466 e. The number of hydrogen-bond acceptors (Lipinski definition) is 6. The highest BCUT2D eigenvalue weighted by atomic mass is 35.5. The molecule has 0 aliphatic heterocycles. The summed E-state index contributed by atoms with van der Waals surface area (Å²) in [7, 11) is 1.04. The van der Waals surface area contributed by atoms with Gasteiger partial charge in [0, 0.05) is 6.07 Å². The van der Waals surface area contributed by atoms with E-state index in [1.165, 1.54) is 0 Å². The summed E-state index contributed by atoms with van der Waals surface area (Å²) in [4.78, 5) is 23.3. The van der Waals surface area contributed by atoms with Crippen LogP contribution >= 0.6 is 11.6 Å². The molecule has 0 N–H and O–H groups in total. The maximum Gasteiger partial charge on any atom is 0.423 e. The normalized spacial score (nSPS) is 11.1. The first kappa shape index (κ1) is 16.0. The van der Waals surface area contributed by atoms with Crippen molar-refractivity contribution >= 4 is 23.3 Å². The molecule has 0 aromatic carbocycles. The van der Waals surface area contributed by atoms with Crippen LogP contribution in [0.2, 0.25) is 5.15 Å². The van der Waals surface area contributed by atoms with Gasteiger partial charge in [0.2, 0.25) is 11.0 Å². The SMILES string of the molecule is COC(=O)COc1cc(C(F)(F)F)c([N+](=O)[O-])c(Cl)n1. The predicted molar refractivity (Wildman–Crippen MR) is 58.4 cm³/mol. The van der Waals surface area contributed by atoms with Crippen molar-refractivity contribution in [3.63, 3.8) is 0 Å². The number of rotatable bonds is 4. The van der Waals surface area contributed by atoms with E-state index in [1.54, 1.807) is 0 Å². The topological polar surface area (TPSA) is 91.6 Å². The number of alkyl halides is 3. The highest BCUT2D eigenvalue weighted by molar-refractivity contribution is 6.31. The molecule has 0 unspecified atom stereocenters. The third-order valence-corrected chi connectivity index (χ3v) is 2.24. The van der Waals surface area contributed by atoms with E-state index in [-0.39, 0.29) is 6.07 Å². The summed E-state index contributed by atoms with van der Waals surface area (Å²) in [5.74, 6) is -1.55. The zero-order valence-electron chi connectivity index (χ0n) is 9.73. The highest BCUT2D eigenvalue weighted by Crippen LogP contribution is 2.40. The van der Waals surface area contributed by atoms with Crippen LogP contribution in [0.4, 0.5) is 18.9 Å². The first-order valence-electron chi connectivity index (χ1n) is 4.78. The van der Waals surface area contributed by atoms with Crippen molar-refractivity contribution in [2.75, 3.05) is 13.7 Å². The fourth-order valence-corrected chi connectivity index (χ4v) is 1.39. The average Bonchev–Trinajstić information content (AvgIpc) is 2.33. The predicted octanol–water partition coefficient (Wildman–Crippen LogP) is 2.21. The van der Waals surface area contributed by atoms with Gasteiger partial charge >= 0.3 is 17.8 Å². The number of ether oxygens (including phenoxy) is 2. The zero-order valence-corrected chi connectivity index (χ0v) is 10.5. The van der Waals surface area contributed by atoms with Gasteiger partial charge in [-0.2, -0.15) is 18.2 Å². The first-order valence-corrected chi connectivity index (χ1v) is 5.16. The molecule has 0 aliphatic carbocycles. The minimum atomic E-state index is -5.03. The Labute approximate surface area is 114 Å². The monoisotopic (exact) mass is 314 g/mol. The van der Waals surface area contributed by atoms with Crippen LogP contribution in [0.1, 0.15) is 5.56 Å². The Morgan fingerprint density at radius 1 is 1.55 bits per heavy atom. The zero-order chi connectivity index (χ0) is 15.5. The second kappa shape index (κ2) is 5.90. The van der Waals surface area contributed by atoms with E-state index in [2.05, 4.69) is 14.5 Å². The van der Waals surface area contributed by atoms with Gasteiger partial charge in [-0.15, -0.1) is 0 Å². The van der Waals surface area contributed by atoms with Crippen LogP contribution in [0.25, 0.3) is 0 Å². The fourth-order valence-electron chi connectivity index (χ4n) is 1.14. The van der Waals surface area contributed by atoms with Crippen LogP contribution in [0, 0.1) is 10.1 Å². The quantitative estimate of drug-likeness (QED) is 0.366. The summed E-state index contributed by atoms with van der Waals surface area (Å²) in [5.41, 5.74) is -3.01. The number of carbonyl (C=O) groups excluding carboxylic acids is 1. The molecular formula is C9H6ClF3N2O5. The van der Waals surface area contributed by atoms with Crippen LogP contribution in [0.15, 0.2) is 6.07 Å². The number of halogens is 4. The van der Waals surface area contributed by atoms with Crippen LogP contribution < -0.4 is 4.74 Å². The lowest BCUT2D eigenvalue weighted by atomic mass is 10.2. The lowest BCUT2D eigenvalue weighted by molar-refractivity contribution is -0.388. The van der Waals surface area contributed by atoms with E-state index in [4.69, 9.17) is 11.6 Å². The summed E-state index contributed by atoms with van der Waals surface area (Å²) in [6.07, 6.45) is -5.03.